The molecule has 2 rings (SSSR count). The van der Waals surface area contributed by atoms with E-state index in [1.165, 1.54) is 48.6 Å². The lowest BCUT2D eigenvalue weighted by Gasteiger charge is -2.32. The fourth-order valence-electron chi connectivity index (χ4n) is 3.73. The number of amides is 1. The molecule has 0 aromatic rings. The topological polar surface area (TPSA) is 73.0 Å². The predicted molar refractivity (Wildman–Crippen MR) is 99.4 cm³/mol. The Balaban J connectivity index is 1.64. The van der Waals surface area contributed by atoms with Gasteiger partial charge >= 0.3 is 0 Å². The van der Waals surface area contributed by atoms with Crippen molar-refractivity contribution in [2.45, 2.75) is 39.0 Å². The van der Waals surface area contributed by atoms with E-state index in [1.54, 1.807) is 0 Å². The highest BCUT2D eigenvalue weighted by Gasteiger charge is 2.32. The van der Waals surface area contributed by atoms with E-state index in [-0.39, 0.29) is 11.8 Å². The van der Waals surface area contributed by atoms with Gasteiger partial charge < -0.3 is 10.2 Å². The van der Waals surface area contributed by atoms with Crippen LogP contribution >= 0.6 is 0 Å². The molecule has 0 spiro atoms. The summed E-state index contributed by atoms with van der Waals surface area (Å²) in [5.41, 5.74) is 0. The smallest absolute Gasteiger partial charge is 0.281 e. The van der Waals surface area contributed by atoms with Crippen LogP contribution in [0, 0.1) is 11.8 Å². The highest BCUT2D eigenvalue weighted by Crippen LogP contribution is 2.20. The molecule has 2 heterocycles. The Labute approximate surface area is 152 Å². The number of rotatable bonds is 7. The van der Waals surface area contributed by atoms with Gasteiger partial charge in [-0.2, -0.15) is 17.0 Å². The molecule has 1 unspecified atom stereocenters. The van der Waals surface area contributed by atoms with E-state index in [0.29, 0.717) is 32.5 Å². The van der Waals surface area contributed by atoms with Crippen molar-refractivity contribution in [3.05, 3.63) is 0 Å². The molecule has 0 aromatic carbocycles. The highest BCUT2D eigenvalue weighted by atomic mass is 32.2. The van der Waals surface area contributed by atoms with Crippen LogP contribution in [0.4, 0.5) is 0 Å². The summed E-state index contributed by atoms with van der Waals surface area (Å²) in [7, 11) is -0.280. The summed E-state index contributed by atoms with van der Waals surface area (Å²) in [6, 6.07) is 0. The monoisotopic (exact) mass is 374 g/mol. The third-order valence-corrected chi connectivity index (χ3v) is 7.24. The molecule has 7 nitrogen and oxygen atoms in total. The van der Waals surface area contributed by atoms with E-state index >= 15 is 0 Å². The number of carbonyl (C=O) groups excluding carboxylic acids is 1. The fourth-order valence-corrected chi connectivity index (χ4v) is 4.86. The molecule has 2 fully saturated rings. The molecule has 0 saturated carbocycles. The first-order valence-corrected chi connectivity index (χ1v) is 10.9. The largest absolute Gasteiger partial charge is 0.356 e. The van der Waals surface area contributed by atoms with Gasteiger partial charge in [-0.05, 0) is 51.1 Å². The maximum absolute atomic E-state index is 12.3. The molecule has 2 aliphatic heterocycles. The van der Waals surface area contributed by atoms with Gasteiger partial charge in [0.1, 0.15) is 0 Å². The van der Waals surface area contributed by atoms with Crippen LogP contribution in [0.25, 0.3) is 0 Å². The first kappa shape index (κ1) is 20.6. The number of hydrogen-bond donors (Lipinski definition) is 1. The summed E-state index contributed by atoms with van der Waals surface area (Å²) < 4.78 is 26.9. The van der Waals surface area contributed by atoms with Gasteiger partial charge in [0.15, 0.2) is 0 Å². The standard InChI is InChI=1S/C17H34N4O3S/c1-15-6-4-10-20(14-15)11-5-9-18-17(22)16-7-12-21(13-8-16)25(23,24)19(2)3/h15-16H,4-14H2,1-3H3,(H,18,22). The molecule has 0 aromatic heterocycles. The Bertz CT molecular complexity index is 530. The molecule has 2 saturated heterocycles. The Kier molecular flexibility index (Phi) is 7.67. The first-order valence-electron chi connectivity index (χ1n) is 9.48. The van der Waals surface area contributed by atoms with Gasteiger partial charge in [-0.3, -0.25) is 4.79 Å². The number of hydrogen-bond acceptors (Lipinski definition) is 4. The van der Waals surface area contributed by atoms with E-state index in [1.807, 2.05) is 0 Å². The predicted octanol–water partition coefficient (Wildman–Crippen LogP) is 0.743. The summed E-state index contributed by atoms with van der Waals surface area (Å²) in [5.74, 6) is 0.796. The van der Waals surface area contributed by atoms with Crippen molar-refractivity contribution < 1.29 is 13.2 Å². The molecule has 1 N–H and O–H groups in total. The molecule has 1 atom stereocenters. The number of nitrogens with zero attached hydrogens (tertiary/aromatic N) is 3. The highest BCUT2D eigenvalue weighted by molar-refractivity contribution is 7.86. The lowest BCUT2D eigenvalue weighted by molar-refractivity contribution is -0.126. The van der Waals surface area contributed by atoms with Crippen LogP contribution < -0.4 is 5.32 Å². The molecule has 0 bridgehead atoms. The Morgan fingerprint density at radius 3 is 2.44 bits per heavy atom. The number of nitrogens with one attached hydrogen (secondary N) is 1. The molecule has 25 heavy (non-hydrogen) atoms. The number of carbonyl (C=O) groups is 1. The minimum atomic E-state index is -3.36. The van der Waals surface area contributed by atoms with Crippen LogP contribution in [0.3, 0.4) is 0 Å². The summed E-state index contributed by atoms with van der Waals surface area (Å²) >= 11 is 0. The van der Waals surface area contributed by atoms with Crippen LogP contribution in [0.5, 0.6) is 0 Å². The molecular weight excluding hydrogens is 340 g/mol. The van der Waals surface area contributed by atoms with Crippen molar-refractivity contribution in [3.8, 4) is 0 Å². The SMILES string of the molecule is CC1CCCN(CCCNC(=O)C2CCN(S(=O)(=O)N(C)C)CC2)C1. The Morgan fingerprint density at radius 2 is 1.84 bits per heavy atom. The Morgan fingerprint density at radius 1 is 1.16 bits per heavy atom. The van der Waals surface area contributed by atoms with Crippen molar-refractivity contribution >= 4 is 16.1 Å². The zero-order valence-corrected chi connectivity index (χ0v) is 16.7. The van der Waals surface area contributed by atoms with Gasteiger partial charge in [-0.15, -0.1) is 0 Å². The summed E-state index contributed by atoms with van der Waals surface area (Å²) in [5, 5.41) is 3.04. The van der Waals surface area contributed by atoms with Gasteiger partial charge in [-0.25, -0.2) is 0 Å². The maximum atomic E-state index is 12.3. The normalized spacial score (nSPS) is 24.6. The van der Waals surface area contributed by atoms with Gasteiger partial charge in [-0.1, -0.05) is 6.92 Å². The minimum Gasteiger partial charge on any atom is -0.356 e. The minimum absolute atomic E-state index is 0.0661. The second kappa shape index (κ2) is 9.30. The second-order valence-electron chi connectivity index (χ2n) is 7.66. The number of likely N-dealkylation sites (tertiary alicyclic amines) is 1. The van der Waals surface area contributed by atoms with E-state index in [0.717, 1.165) is 18.9 Å². The molecular formula is C17H34N4O3S. The van der Waals surface area contributed by atoms with Gasteiger partial charge in [0, 0.05) is 46.2 Å². The van der Waals surface area contributed by atoms with Gasteiger partial charge in [0.25, 0.3) is 10.2 Å². The lowest BCUT2D eigenvalue weighted by atomic mass is 9.97. The maximum Gasteiger partial charge on any atom is 0.281 e. The van der Waals surface area contributed by atoms with Gasteiger partial charge in [0.05, 0.1) is 0 Å². The fraction of sp³-hybridized carbons (Fsp3) is 0.941. The zero-order chi connectivity index (χ0) is 18.4. The van der Waals surface area contributed by atoms with Crippen LogP contribution in [0.2, 0.25) is 0 Å². The molecule has 1 amide bonds. The van der Waals surface area contributed by atoms with E-state index in [4.69, 9.17) is 0 Å². The molecule has 0 aliphatic carbocycles. The van der Waals surface area contributed by atoms with Crippen molar-refractivity contribution in [1.29, 1.82) is 0 Å². The third-order valence-electron chi connectivity index (χ3n) is 5.30. The van der Waals surface area contributed by atoms with Crippen molar-refractivity contribution in [1.82, 2.24) is 18.8 Å². The first-order chi connectivity index (χ1) is 11.8. The van der Waals surface area contributed by atoms with Crippen LogP contribution in [-0.4, -0.2) is 81.2 Å². The van der Waals surface area contributed by atoms with Crippen LogP contribution in [-0.2, 0) is 15.0 Å². The van der Waals surface area contributed by atoms with E-state index in [9.17, 15) is 13.2 Å². The van der Waals surface area contributed by atoms with E-state index in [2.05, 4.69) is 17.1 Å². The molecule has 146 valence electrons. The average molecular weight is 375 g/mol. The number of piperidine rings is 2. The van der Waals surface area contributed by atoms with Crippen molar-refractivity contribution in [2.24, 2.45) is 11.8 Å². The Hall–Kier alpha value is -0.700. The summed E-state index contributed by atoms with van der Waals surface area (Å²) in [6.07, 6.45) is 4.79. The average Bonchev–Trinajstić information content (AvgIpc) is 2.58. The van der Waals surface area contributed by atoms with Gasteiger partial charge in [0.2, 0.25) is 5.91 Å². The van der Waals surface area contributed by atoms with Crippen LogP contribution in [0.15, 0.2) is 0 Å². The summed E-state index contributed by atoms with van der Waals surface area (Å²) in [4.78, 5) is 14.8. The molecule has 0 radical (unpaired) electrons. The molecule has 2 aliphatic rings. The molecule has 8 heteroatoms. The van der Waals surface area contributed by atoms with Crippen molar-refractivity contribution in [2.75, 3.05) is 53.4 Å². The third kappa shape index (κ3) is 5.91. The van der Waals surface area contributed by atoms with Crippen LogP contribution in [0.1, 0.15) is 39.0 Å². The lowest BCUT2D eigenvalue weighted by Crippen LogP contribution is -2.47. The second-order valence-corrected chi connectivity index (χ2v) is 9.80. The zero-order valence-electron chi connectivity index (χ0n) is 15.9. The van der Waals surface area contributed by atoms with E-state index < -0.39 is 10.2 Å². The van der Waals surface area contributed by atoms with Crippen molar-refractivity contribution in [3.63, 3.8) is 0 Å². The summed E-state index contributed by atoms with van der Waals surface area (Å²) in [6.45, 7) is 7.25. The quantitative estimate of drug-likeness (QED) is 0.667.